The molecule has 0 spiro atoms. The molecule has 0 saturated heterocycles. The molecular formula is C13H11BrN4. The van der Waals surface area contributed by atoms with Crippen LogP contribution in [0.1, 0.15) is 5.56 Å². The van der Waals surface area contributed by atoms with Crippen LogP contribution in [0.5, 0.6) is 0 Å². The highest BCUT2D eigenvalue weighted by molar-refractivity contribution is 9.10. The SMILES string of the molecule is Nc1nc2cc(Br)ccc2n1Cc1cccnc1. The van der Waals surface area contributed by atoms with E-state index in [9.17, 15) is 0 Å². The number of hydrogen-bond acceptors (Lipinski definition) is 3. The maximum atomic E-state index is 5.97. The van der Waals surface area contributed by atoms with E-state index in [2.05, 4.69) is 25.9 Å². The van der Waals surface area contributed by atoms with Gasteiger partial charge in [-0.05, 0) is 29.8 Å². The first-order valence-electron chi connectivity index (χ1n) is 5.54. The molecule has 2 N–H and O–H groups in total. The van der Waals surface area contributed by atoms with Crippen LogP contribution in [0.25, 0.3) is 11.0 Å². The molecule has 18 heavy (non-hydrogen) atoms. The van der Waals surface area contributed by atoms with Crippen molar-refractivity contribution in [3.63, 3.8) is 0 Å². The number of pyridine rings is 1. The minimum absolute atomic E-state index is 0.520. The predicted octanol–water partition coefficient (Wildman–Crippen LogP) is 2.82. The Morgan fingerprint density at radius 2 is 2.17 bits per heavy atom. The molecular weight excluding hydrogens is 292 g/mol. The fraction of sp³-hybridized carbons (Fsp3) is 0.0769. The molecule has 0 radical (unpaired) electrons. The van der Waals surface area contributed by atoms with E-state index < -0.39 is 0 Å². The van der Waals surface area contributed by atoms with E-state index in [0.29, 0.717) is 12.5 Å². The number of anilines is 1. The van der Waals surface area contributed by atoms with E-state index in [1.807, 2.05) is 41.1 Å². The van der Waals surface area contributed by atoms with E-state index >= 15 is 0 Å². The topological polar surface area (TPSA) is 56.7 Å². The summed E-state index contributed by atoms with van der Waals surface area (Å²) in [4.78, 5) is 8.47. The molecule has 0 amide bonds. The fourth-order valence-electron chi connectivity index (χ4n) is 1.96. The van der Waals surface area contributed by atoms with E-state index in [1.54, 1.807) is 6.20 Å². The zero-order valence-corrected chi connectivity index (χ0v) is 11.1. The maximum Gasteiger partial charge on any atom is 0.201 e. The van der Waals surface area contributed by atoms with Gasteiger partial charge in [0, 0.05) is 16.9 Å². The molecule has 0 atom stereocenters. The largest absolute Gasteiger partial charge is 0.369 e. The van der Waals surface area contributed by atoms with Crippen LogP contribution in [0.3, 0.4) is 0 Å². The Morgan fingerprint density at radius 3 is 2.94 bits per heavy atom. The first-order chi connectivity index (χ1) is 8.74. The molecule has 0 unspecified atom stereocenters. The van der Waals surface area contributed by atoms with E-state index in [4.69, 9.17) is 5.73 Å². The molecule has 4 nitrogen and oxygen atoms in total. The number of rotatable bonds is 2. The molecule has 5 heteroatoms. The summed E-state index contributed by atoms with van der Waals surface area (Å²) in [7, 11) is 0. The van der Waals surface area contributed by atoms with Gasteiger partial charge in [0.25, 0.3) is 0 Å². The average Bonchev–Trinajstić information content (AvgIpc) is 2.66. The number of imidazole rings is 1. The van der Waals surface area contributed by atoms with Crippen LogP contribution in [0.15, 0.2) is 47.2 Å². The predicted molar refractivity (Wildman–Crippen MR) is 75.2 cm³/mol. The summed E-state index contributed by atoms with van der Waals surface area (Å²) in [6.07, 6.45) is 3.60. The summed E-state index contributed by atoms with van der Waals surface area (Å²) < 4.78 is 2.99. The van der Waals surface area contributed by atoms with Crippen molar-refractivity contribution in [2.75, 3.05) is 5.73 Å². The van der Waals surface area contributed by atoms with Gasteiger partial charge < -0.3 is 10.3 Å². The third-order valence-corrected chi connectivity index (χ3v) is 3.30. The van der Waals surface area contributed by atoms with Gasteiger partial charge in [0.05, 0.1) is 17.6 Å². The van der Waals surface area contributed by atoms with Crippen molar-refractivity contribution in [3.05, 3.63) is 52.8 Å². The molecule has 0 aliphatic heterocycles. The van der Waals surface area contributed by atoms with Crippen molar-refractivity contribution in [2.45, 2.75) is 6.54 Å². The van der Waals surface area contributed by atoms with Crippen molar-refractivity contribution in [1.82, 2.24) is 14.5 Å². The van der Waals surface area contributed by atoms with Crippen molar-refractivity contribution >= 4 is 32.9 Å². The number of aromatic nitrogens is 3. The Hall–Kier alpha value is -1.88. The zero-order valence-electron chi connectivity index (χ0n) is 9.55. The third kappa shape index (κ3) is 1.97. The van der Waals surface area contributed by atoms with Crippen molar-refractivity contribution < 1.29 is 0 Å². The highest BCUT2D eigenvalue weighted by Crippen LogP contribution is 2.22. The minimum atomic E-state index is 0.520. The van der Waals surface area contributed by atoms with E-state index in [-0.39, 0.29) is 0 Å². The first kappa shape index (κ1) is 11.2. The average molecular weight is 303 g/mol. The van der Waals surface area contributed by atoms with Crippen LogP contribution < -0.4 is 5.73 Å². The van der Waals surface area contributed by atoms with Crippen LogP contribution in [-0.4, -0.2) is 14.5 Å². The van der Waals surface area contributed by atoms with Gasteiger partial charge in [-0.3, -0.25) is 4.98 Å². The lowest BCUT2D eigenvalue weighted by Gasteiger charge is -2.06. The lowest BCUT2D eigenvalue weighted by molar-refractivity contribution is 0.833. The molecule has 0 aliphatic rings. The van der Waals surface area contributed by atoms with Crippen molar-refractivity contribution in [2.24, 2.45) is 0 Å². The van der Waals surface area contributed by atoms with Gasteiger partial charge in [0.15, 0.2) is 0 Å². The maximum absolute atomic E-state index is 5.97. The first-order valence-corrected chi connectivity index (χ1v) is 6.33. The van der Waals surface area contributed by atoms with Gasteiger partial charge in [0.1, 0.15) is 0 Å². The van der Waals surface area contributed by atoms with Gasteiger partial charge in [0.2, 0.25) is 5.95 Å². The highest BCUT2D eigenvalue weighted by atomic mass is 79.9. The number of benzene rings is 1. The van der Waals surface area contributed by atoms with Crippen molar-refractivity contribution in [1.29, 1.82) is 0 Å². The van der Waals surface area contributed by atoms with Crippen LogP contribution in [-0.2, 0) is 6.54 Å². The molecule has 0 saturated carbocycles. The van der Waals surface area contributed by atoms with E-state index in [1.165, 1.54) is 0 Å². The van der Waals surface area contributed by atoms with Gasteiger partial charge in [-0.25, -0.2) is 4.98 Å². The lowest BCUT2D eigenvalue weighted by Crippen LogP contribution is -2.04. The quantitative estimate of drug-likeness (QED) is 0.792. The highest BCUT2D eigenvalue weighted by Gasteiger charge is 2.08. The molecule has 1 aromatic carbocycles. The second-order valence-electron chi connectivity index (χ2n) is 4.05. The van der Waals surface area contributed by atoms with Gasteiger partial charge in [-0.15, -0.1) is 0 Å². The van der Waals surface area contributed by atoms with Gasteiger partial charge >= 0.3 is 0 Å². The summed E-state index contributed by atoms with van der Waals surface area (Å²) in [5, 5.41) is 0. The standard InChI is InChI=1S/C13H11BrN4/c14-10-3-4-12-11(6-10)17-13(15)18(12)8-9-2-1-5-16-7-9/h1-7H,8H2,(H2,15,17). The molecule has 2 heterocycles. The van der Waals surface area contributed by atoms with E-state index in [0.717, 1.165) is 21.1 Å². The Bertz CT molecular complexity index is 691. The summed E-state index contributed by atoms with van der Waals surface area (Å²) in [6, 6.07) is 9.91. The fourth-order valence-corrected chi connectivity index (χ4v) is 2.31. The number of nitrogen functional groups attached to an aromatic ring is 1. The minimum Gasteiger partial charge on any atom is -0.369 e. The lowest BCUT2D eigenvalue weighted by atomic mass is 10.2. The number of nitrogens with two attached hydrogens (primary N) is 1. The molecule has 0 fully saturated rings. The Morgan fingerprint density at radius 1 is 1.28 bits per heavy atom. The van der Waals surface area contributed by atoms with Crippen LogP contribution >= 0.6 is 15.9 Å². The summed E-state index contributed by atoms with van der Waals surface area (Å²) in [6.45, 7) is 0.678. The van der Waals surface area contributed by atoms with Crippen molar-refractivity contribution in [3.8, 4) is 0 Å². The molecule has 0 bridgehead atoms. The molecule has 0 aliphatic carbocycles. The third-order valence-electron chi connectivity index (χ3n) is 2.80. The summed E-state index contributed by atoms with van der Waals surface area (Å²) in [5.74, 6) is 0.520. The van der Waals surface area contributed by atoms with Crippen LogP contribution in [0, 0.1) is 0 Å². The number of hydrogen-bond donors (Lipinski definition) is 1. The molecule has 90 valence electrons. The van der Waals surface area contributed by atoms with Gasteiger partial charge in [-0.1, -0.05) is 22.0 Å². The molecule has 3 rings (SSSR count). The molecule has 3 aromatic rings. The summed E-state index contributed by atoms with van der Waals surface area (Å²) in [5.41, 5.74) is 8.99. The number of fused-ring (bicyclic) bond motifs is 1. The second-order valence-corrected chi connectivity index (χ2v) is 4.97. The Labute approximate surface area is 113 Å². The normalized spacial score (nSPS) is 10.9. The molecule has 2 aromatic heterocycles. The Balaban J connectivity index is 2.09. The summed E-state index contributed by atoms with van der Waals surface area (Å²) >= 11 is 3.43. The monoisotopic (exact) mass is 302 g/mol. The second kappa shape index (κ2) is 4.42. The van der Waals surface area contributed by atoms with Crippen LogP contribution in [0.4, 0.5) is 5.95 Å². The Kier molecular flexibility index (Phi) is 2.76. The number of nitrogens with zero attached hydrogens (tertiary/aromatic N) is 3. The zero-order chi connectivity index (χ0) is 12.5. The number of halogens is 1. The van der Waals surface area contributed by atoms with Crippen LogP contribution in [0.2, 0.25) is 0 Å². The van der Waals surface area contributed by atoms with Gasteiger partial charge in [-0.2, -0.15) is 0 Å². The smallest absolute Gasteiger partial charge is 0.201 e.